The first-order chi connectivity index (χ1) is 12.1. The first kappa shape index (κ1) is 15.3. The molecule has 0 fully saturated rings. The maximum Gasteiger partial charge on any atom is 0.256 e. The second-order valence-electron chi connectivity index (χ2n) is 6.25. The van der Waals surface area contributed by atoms with Crippen molar-refractivity contribution in [3.63, 3.8) is 0 Å². The standard InChI is InChI=1S/C20H16N2O3/c1-13-15-9-5-6-10-17(15)21-18(13)12-19(22(24)25)16(11-20(21)23)14-7-3-2-4-8-14/h2-10,12,16H,11H2,1H3/t16-/m1/s1. The van der Waals surface area contributed by atoms with Gasteiger partial charge < -0.3 is 0 Å². The lowest BCUT2D eigenvalue weighted by Gasteiger charge is -2.12. The van der Waals surface area contributed by atoms with Gasteiger partial charge in [-0.05, 0) is 24.1 Å². The Morgan fingerprint density at radius 3 is 2.48 bits per heavy atom. The number of carbonyl (C=O) groups excluding carboxylic acids is 1. The summed E-state index contributed by atoms with van der Waals surface area (Å²) in [4.78, 5) is 24.4. The van der Waals surface area contributed by atoms with Gasteiger partial charge in [-0.25, -0.2) is 0 Å². The smallest absolute Gasteiger partial charge is 0.256 e. The van der Waals surface area contributed by atoms with Crippen molar-refractivity contribution in [2.75, 3.05) is 0 Å². The largest absolute Gasteiger partial charge is 0.280 e. The lowest BCUT2D eigenvalue weighted by atomic mass is 9.92. The Balaban J connectivity index is 1.99. The van der Waals surface area contributed by atoms with Gasteiger partial charge in [-0.2, -0.15) is 0 Å². The summed E-state index contributed by atoms with van der Waals surface area (Å²) >= 11 is 0. The zero-order chi connectivity index (χ0) is 17.6. The van der Waals surface area contributed by atoms with Crippen LogP contribution in [0, 0.1) is 17.0 Å². The van der Waals surface area contributed by atoms with Gasteiger partial charge in [0.2, 0.25) is 5.91 Å². The molecule has 1 aliphatic heterocycles. The Morgan fingerprint density at radius 2 is 1.76 bits per heavy atom. The van der Waals surface area contributed by atoms with E-state index >= 15 is 0 Å². The van der Waals surface area contributed by atoms with E-state index in [1.807, 2.05) is 61.5 Å². The fourth-order valence-corrected chi connectivity index (χ4v) is 3.63. The van der Waals surface area contributed by atoms with Crippen LogP contribution in [0.25, 0.3) is 17.0 Å². The highest BCUT2D eigenvalue weighted by Crippen LogP contribution is 2.37. The van der Waals surface area contributed by atoms with Crippen LogP contribution >= 0.6 is 0 Å². The minimum atomic E-state index is -0.554. The van der Waals surface area contributed by atoms with Crippen LogP contribution in [-0.4, -0.2) is 15.4 Å². The van der Waals surface area contributed by atoms with Crippen LogP contribution in [-0.2, 0) is 0 Å². The topological polar surface area (TPSA) is 65.1 Å². The van der Waals surface area contributed by atoms with Crippen LogP contribution < -0.4 is 0 Å². The molecule has 0 amide bonds. The fraction of sp³-hybridized carbons (Fsp3) is 0.150. The molecular formula is C20H16N2O3. The van der Waals surface area contributed by atoms with E-state index in [-0.39, 0.29) is 22.9 Å². The number of aryl methyl sites for hydroxylation is 1. The maximum absolute atomic E-state index is 13.0. The molecule has 5 nitrogen and oxygen atoms in total. The first-order valence-corrected chi connectivity index (χ1v) is 8.12. The van der Waals surface area contributed by atoms with Gasteiger partial charge in [-0.1, -0.05) is 48.5 Å². The van der Waals surface area contributed by atoms with E-state index in [4.69, 9.17) is 0 Å². The summed E-state index contributed by atoms with van der Waals surface area (Å²) < 4.78 is 1.62. The fourth-order valence-electron chi connectivity index (χ4n) is 3.63. The Kier molecular flexibility index (Phi) is 3.50. The zero-order valence-electron chi connectivity index (χ0n) is 13.7. The molecule has 0 aliphatic carbocycles. The molecule has 0 unspecified atom stereocenters. The molecule has 5 heteroatoms. The number of benzene rings is 2. The number of carbonyl (C=O) groups is 1. The van der Waals surface area contributed by atoms with Gasteiger partial charge in [-0.15, -0.1) is 0 Å². The molecule has 0 spiro atoms. The molecule has 0 saturated heterocycles. The summed E-state index contributed by atoms with van der Waals surface area (Å²) in [5.41, 5.74) is 3.14. The summed E-state index contributed by atoms with van der Waals surface area (Å²) in [5, 5.41) is 12.7. The predicted molar refractivity (Wildman–Crippen MR) is 96.1 cm³/mol. The van der Waals surface area contributed by atoms with Gasteiger partial charge in [-0.3, -0.25) is 19.5 Å². The molecule has 1 aliphatic rings. The van der Waals surface area contributed by atoms with Crippen molar-refractivity contribution >= 4 is 22.9 Å². The molecule has 2 aromatic carbocycles. The van der Waals surface area contributed by atoms with Gasteiger partial charge in [0.25, 0.3) is 5.70 Å². The summed E-state index contributed by atoms with van der Waals surface area (Å²) in [6.45, 7) is 1.90. The number of allylic oxidation sites excluding steroid dienone is 1. The second-order valence-corrected chi connectivity index (χ2v) is 6.25. The summed E-state index contributed by atoms with van der Waals surface area (Å²) in [7, 11) is 0. The van der Waals surface area contributed by atoms with Crippen LogP contribution in [0.5, 0.6) is 0 Å². The van der Waals surface area contributed by atoms with E-state index in [2.05, 4.69) is 0 Å². The number of para-hydroxylation sites is 1. The van der Waals surface area contributed by atoms with Gasteiger partial charge in [0.05, 0.1) is 22.1 Å². The molecule has 1 aromatic heterocycles. The molecule has 0 bridgehead atoms. The van der Waals surface area contributed by atoms with E-state index < -0.39 is 5.92 Å². The molecule has 0 saturated carbocycles. The number of nitro groups is 1. The van der Waals surface area contributed by atoms with E-state index in [1.165, 1.54) is 0 Å². The highest BCUT2D eigenvalue weighted by atomic mass is 16.6. The van der Waals surface area contributed by atoms with Crippen molar-refractivity contribution in [1.82, 2.24) is 4.57 Å². The third-order valence-electron chi connectivity index (χ3n) is 4.86. The predicted octanol–water partition coefficient (Wildman–Crippen LogP) is 4.40. The lowest BCUT2D eigenvalue weighted by Crippen LogP contribution is -2.16. The molecule has 0 N–H and O–H groups in total. The number of rotatable bonds is 2. The van der Waals surface area contributed by atoms with Crippen LogP contribution in [0.15, 0.2) is 60.3 Å². The van der Waals surface area contributed by atoms with Crippen molar-refractivity contribution in [2.45, 2.75) is 19.3 Å². The van der Waals surface area contributed by atoms with E-state index in [0.717, 1.165) is 22.0 Å². The van der Waals surface area contributed by atoms with E-state index in [1.54, 1.807) is 10.6 Å². The number of hydrogen-bond donors (Lipinski definition) is 0. The molecular weight excluding hydrogens is 316 g/mol. The monoisotopic (exact) mass is 332 g/mol. The highest BCUT2D eigenvalue weighted by Gasteiger charge is 2.34. The average Bonchev–Trinajstić information content (AvgIpc) is 2.80. The number of fused-ring (bicyclic) bond motifs is 3. The molecule has 3 aromatic rings. The summed E-state index contributed by atoms with van der Waals surface area (Å²) in [5.74, 6) is -0.678. The highest BCUT2D eigenvalue weighted by molar-refractivity contribution is 5.99. The summed E-state index contributed by atoms with van der Waals surface area (Å²) in [6.07, 6.45) is 1.64. The molecule has 1 atom stereocenters. The van der Waals surface area contributed by atoms with E-state index in [9.17, 15) is 14.9 Å². The van der Waals surface area contributed by atoms with Gasteiger partial charge in [0.1, 0.15) is 0 Å². The number of aromatic nitrogens is 1. The Hall–Kier alpha value is -3.21. The normalized spacial score (nSPS) is 17.1. The molecule has 0 radical (unpaired) electrons. The van der Waals surface area contributed by atoms with Crippen molar-refractivity contribution in [3.8, 4) is 0 Å². The Bertz CT molecular complexity index is 1030. The number of nitrogens with zero attached hydrogens (tertiary/aromatic N) is 2. The molecule has 4 rings (SSSR count). The minimum Gasteiger partial charge on any atom is -0.280 e. The van der Waals surface area contributed by atoms with Gasteiger partial charge in [0, 0.05) is 17.9 Å². The van der Waals surface area contributed by atoms with Crippen LogP contribution in [0.1, 0.15) is 34.0 Å². The van der Waals surface area contributed by atoms with Crippen molar-refractivity contribution < 1.29 is 9.72 Å². The quantitative estimate of drug-likeness (QED) is 0.516. The SMILES string of the molecule is Cc1c2n(c3ccccc13)C(=O)C[C@H](c1ccccc1)C([N+](=O)[O-])=C2. The maximum atomic E-state index is 13.0. The van der Waals surface area contributed by atoms with Crippen molar-refractivity contribution in [3.05, 3.63) is 87.2 Å². The zero-order valence-corrected chi connectivity index (χ0v) is 13.7. The van der Waals surface area contributed by atoms with Crippen molar-refractivity contribution in [2.24, 2.45) is 0 Å². The minimum absolute atomic E-state index is 0.0595. The van der Waals surface area contributed by atoms with E-state index in [0.29, 0.717) is 5.69 Å². The van der Waals surface area contributed by atoms with Crippen LogP contribution in [0.2, 0.25) is 0 Å². The van der Waals surface area contributed by atoms with Crippen molar-refractivity contribution in [1.29, 1.82) is 0 Å². The molecule has 124 valence electrons. The molecule has 2 heterocycles. The summed E-state index contributed by atoms with van der Waals surface area (Å²) in [6, 6.07) is 16.8. The Morgan fingerprint density at radius 1 is 1.08 bits per heavy atom. The van der Waals surface area contributed by atoms with Gasteiger partial charge in [0.15, 0.2) is 0 Å². The lowest BCUT2D eigenvalue weighted by molar-refractivity contribution is -0.428. The van der Waals surface area contributed by atoms with Crippen LogP contribution in [0.3, 0.4) is 0 Å². The number of hydrogen-bond acceptors (Lipinski definition) is 3. The third-order valence-corrected chi connectivity index (χ3v) is 4.86. The van der Waals surface area contributed by atoms with Gasteiger partial charge >= 0.3 is 0 Å². The first-order valence-electron chi connectivity index (χ1n) is 8.12. The Labute approximate surface area is 144 Å². The third kappa shape index (κ3) is 2.36. The molecule has 25 heavy (non-hydrogen) atoms. The van der Waals surface area contributed by atoms with Crippen LogP contribution in [0.4, 0.5) is 0 Å². The second kappa shape index (κ2) is 5.70. The average molecular weight is 332 g/mol.